The van der Waals surface area contributed by atoms with E-state index in [9.17, 15) is 23.2 Å². The van der Waals surface area contributed by atoms with E-state index in [2.05, 4.69) is 59.5 Å². The first-order chi connectivity index (χ1) is 31.8. The molecule has 5 aromatic heterocycles. The maximum Gasteiger partial charge on any atom is 0.284 e. The molecule has 4 N–H and O–H groups in total. The van der Waals surface area contributed by atoms with Crippen LogP contribution in [0.4, 0.5) is 20.3 Å². The van der Waals surface area contributed by atoms with Gasteiger partial charge in [0.1, 0.15) is 23.8 Å². The molecule has 2 aliphatic carbocycles. The average Bonchev–Trinajstić information content (AvgIpc) is 3.68. The van der Waals surface area contributed by atoms with Crippen molar-refractivity contribution in [3.63, 3.8) is 0 Å². The Morgan fingerprint density at radius 2 is 1.72 bits per heavy atom. The fraction of sp³-hybridized carbons (Fsp3) is 0.468. The highest BCUT2D eigenvalue weighted by molar-refractivity contribution is 6.09. The molecule has 1 atom stereocenters. The van der Waals surface area contributed by atoms with Crippen LogP contribution in [0.5, 0.6) is 0 Å². The van der Waals surface area contributed by atoms with E-state index in [1.807, 2.05) is 16.7 Å². The predicted octanol–water partition coefficient (Wildman–Crippen LogP) is 7.41. The highest BCUT2D eigenvalue weighted by Crippen LogP contribution is 2.36. The second-order valence-corrected chi connectivity index (χ2v) is 17.2. The average molecular weight is 893 g/mol. The standard InChI is InChI=1S/C47H54F2N10O6/c48-43(49)42-36(54-45(61)37-28-65-47(55-37)32-15-17-51-40(24-32)53-26-31-5-6-31)27-58(57-42)33-10-7-30(8-11-33)25-50-18-20-64-22-21-63-19-2-3-29-9-12-34-35-4-1-16-52-44(35)59(39(34)23-29)38-13-14-41(60)56-46(38)62/h1,4,9,12,15-17,23-24,27-28,30-31,33,38,43,50H,2-3,5-8,10-11,13-14,18-22,25-26H2,(H,51,53)(H,54,61)(H,56,60,62). The minimum Gasteiger partial charge on any atom is -0.444 e. The lowest BCUT2D eigenvalue weighted by molar-refractivity contribution is -0.135. The highest BCUT2D eigenvalue weighted by Gasteiger charge is 2.31. The van der Waals surface area contributed by atoms with Crippen LogP contribution in [0.1, 0.15) is 98.0 Å². The van der Waals surface area contributed by atoms with Crippen molar-refractivity contribution in [3.8, 4) is 11.5 Å². The fourth-order valence-corrected chi connectivity index (χ4v) is 8.86. The Bertz CT molecular complexity index is 2620. The number of piperidine rings is 1. The molecule has 6 heterocycles. The number of ether oxygens (including phenoxy) is 2. The number of carbonyl (C=O) groups is 3. The molecule has 0 radical (unpaired) electrons. The zero-order valence-corrected chi connectivity index (χ0v) is 36.1. The number of rotatable bonds is 21. The van der Waals surface area contributed by atoms with Crippen LogP contribution in [-0.2, 0) is 25.5 Å². The van der Waals surface area contributed by atoms with Crippen LogP contribution in [0.25, 0.3) is 33.4 Å². The van der Waals surface area contributed by atoms with Gasteiger partial charge in [-0.05, 0) is 112 Å². The number of carbonyl (C=O) groups excluding carboxylic acids is 3. The molecule has 342 valence electrons. The second-order valence-electron chi connectivity index (χ2n) is 17.2. The molecule has 18 heteroatoms. The Labute approximate surface area is 374 Å². The topological polar surface area (TPSA) is 192 Å². The van der Waals surface area contributed by atoms with Gasteiger partial charge in [-0.2, -0.15) is 5.10 Å². The first-order valence-corrected chi connectivity index (χ1v) is 22.7. The predicted molar refractivity (Wildman–Crippen MR) is 239 cm³/mol. The minimum absolute atomic E-state index is 0.0307. The zero-order chi connectivity index (χ0) is 44.7. The molecule has 3 amide bonds. The van der Waals surface area contributed by atoms with Gasteiger partial charge in [0.05, 0.1) is 37.1 Å². The molecule has 1 aromatic carbocycles. The molecular weight excluding hydrogens is 839 g/mol. The van der Waals surface area contributed by atoms with Crippen LogP contribution in [0, 0.1) is 11.8 Å². The minimum atomic E-state index is -2.87. The number of imide groups is 1. The zero-order valence-electron chi connectivity index (χ0n) is 36.1. The molecule has 3 aliphatic rings. The van der Waals surface area contributed by atoms with Crippen LogP contribution in [0.3, 0.4) is 0 Å². The number of hydrogen-bond donors (Lipinski definition) is 4. The van der Waals surface area contributed by atoms with E-state index >= 15 is 0 Å². The van der Waals surface area contributed by atoms with Crippen molar-refractivity contribution in [2.75, 3.05) is 56.7 Å². The summed E-state index contributed by atoms with van der Waals surface area (Å²) in [6.45, 7) is 4.54. The van der Waals surface area contributed by atoms with Gasteiger partial charge in [-0.3, -0.25) is 24.4 Å². The maximum atomic E-state index is 14.1. The third-order valence-electron chi connectivity index (χ3n) is 12.5. The van der Waals surface area contributed by atoms with Crippen molar-refractivity contribution in [1.82, 2.24) is 39.9 Å². The number of amides is 3. The van der Waals surface area contributed by atoms with Crippen molar-refractivity contribution in [1.29, 1.82) is 0 Å². The number of hydrogen-bond acceptors (Lipinski definition) is 12. The van der Waals surface area contributed by atoms with E-state index in [4.69, 9.17) is 13.9 Å². The number of pyridine rings is 2. The van der Waals surface area contributed by atoms with E-state index in [1.165, 1.54) is 25.3 Å². The van der Waals surface area contributed by atoms with Gasteiger partial charge in [-0.1, -0.05) is 12.1 Å². The Hall–Kier alpha value is -6.11. The fourth-order valence-electron chi connectivity index (χ4n) is 8.86. The lowest BCUT2D eigenvalue weighted by Gasteiger charge is -2.28. The summed E-state index contributed by atoms with van der Waals surface area (Å²) in [6.07, 6.45) is 11.4. The maximum absolute atomic E-state index is 14.1. The van der Waals surface area contributed by atoms with Crippen LogP contribution < -0.4 is 21.3 Å². The number of aromatic nitrogens is 6. The number of alkyl halides is 2. The van der Waals surface area contributed by atoms with Gasteiger partial charge in [0.15, 0.2) is 11.4 Å². The molecule has 1 saturated heterocycles. The summed E-state index contributed by atoms with van der Waals surface area (Å²) >= 11 is 0. The van der Waals surface area contributed by atoms with Gasteiger partial charge in [-0.15, -0.1) is 0 Å². The van der Waals surface area contributed by atoms with Crippen LogP contribution >= 0.6 is 0 Å². The highest BCUT2D eigenvalue weighted by atomic mass is 19.3. The number of fused-ring (bicyclic) bond motifs is 3. The third-order valence-corrected chi connectivity index (χ3v) is 12.5. The van der Waals surface area contributed by atoms with Gasteiger partial charge in [0.25, 0.3) is 12.3 Å². The third kappa shape index (κ3) is 10.7. The first kappa shape index (κ1) is 44.1. The molecule has 65 heavy (non-hydrogen) atoms. The van der Waals surface area contributed by atoms with Gasteiger partial charge in [0.2, 0.25) is 17.7 Å². The van der Waals surface area contributed by atoms with Crippen LogP contribution in [0.15, 0.2) is 71.7 Å². The summed E-state index contributed by atoms with van der Waals surface area (Å²) in [7, 11) is 0. The van der Waals surface area contributed by atoms with Gasteiger partial charge in [0, 0.05) is 61.0 Å². The molecule has 6 aromatic rings. The normalized spacial score (nSPS) is 19.0. The van der Waals surface area contributed by atoms with E-state index in [-0.39, 0.29) is 35.1 Å². The lowest BCUT2D eigenvalue weighted by atomic mass is 9.86. The Morgan fingerprint density at radius 1 is 0.908 bits per heavy atom. The molecule has 0 bridgehead atoms. The summed E-state index contributed by atoms with van der Waals surface area (Å²) in [4.78, 5) is 51.0. The molecule has 16 nitrogen and oxygen atoms in total. The number of oxazole rings is 1. The molecule has 1 aliphatic heterocycles. The quantitative estimate of drug-likeness (QED) is 0.0414. The van der Waals surface area contributed by atoms with Crippen molar-refractivity contribution < 1.29 is 37.1 Å². The van der Waals surface area contributed by atoms with Gasteiger partial charge >= 0.3 is 0 Å². The van der Waals surface area contributed by atoms with Gasteiger partial charge < -0.3 is 34.4 Å². The summed E-state index contributed by atoms with van der Waals surface area (Å²) in [6, 6.07) is 13.2. The molecule has 2 saturated carbocycles. The largest absolute Gasteiger partial charge is 0.444 e. The monoisotopic (exact) mass is 892 g/mol. The van der Waals surface area contributed by atoms with Crippen molar-refractivity contribution >= 4 is 51.2 Å². The van der Waals surface area contributed by atoms with E-state index in [0.29, 0.717) is 69.0 Å². The number of halogens is 2. The number of nitrogens with zero attached hydrogens (tertiary/aromatic N) is 6. The van der Waals surface area contributed by atoms with Crippen LogP contribution in [-0.4, -0.2) is 93.1 Å². The lowest BCUT2D eigenvalue weighted by Crippen LogP contribution is -2.41. The van der Waals surface area contributed by atoms with Gasteiger partial charge in [-0.25, -0.2) is 23.7 Å². The smallest absolute Gasteiger partial charge is 0.284 e. The molecule has 3 fully saturated rings. The van der Waals surface area contributed by atoms with E-state index in [0.717, 1.165) is 79.1 Å². The summed E-state index contributed by atoms with van der Waals surface area (Å²) in [5.41, 5.74) is 2.91. The first-order valence-electron chi connectivity index (χ1n) is 22.7. The van der Waals surface area contributed by atoms with Crippen molar-refractivity contribution in [2.24, 2.45) is 11.8 Å². The molecule has 0 spiro atoms. The van der Waals surface area contributed by atoms with Crippen LogP contribution in [0.2, 0.25) is 0 Å². The summed E-state index contributed by atoms with van der Waals surface area (Å²) in [5.74, 6) is 0.838. The number of nitrogens with one attached hydrogen (secondary N) is 4. The second kappa shape index (κ2) is 20.4. The Morgan fingerprint density at radius 3 is 2.54 bits per heavy atom. The van der Waals surface area contributed by atoms with E-state index < -0.39 is 24.1 Å². The Kier molecular flexibility index (Phi) is 13.8. The molecular formula is C47H54F2N10O6. The number of aryl methyl sites for hydroxylation is 1. The van der Waals surface area contributed by atoms with Crippen molar-refractivity contribution in [3.05, 3.63) is 84.3 Å². The number of benzene rings is 1. The molecule has 9 rings (SSSR count). The van der Waals surface area contributed by atoms with Crippen molar-refractivity contribution in [2.45, 2.75) is 82.7 Å². The SMILES string of the molecule is O=C1CCC(n2c3cc(CCCOCCOCCNCC4CCC(n5cc(NC(=O)c6coc(-c7ccnc(NCC8CC8)c7)n6)c(C(F)F)n5)CC4)ccc3c3cccnc32)C(=O)N1. The summed E-state index contributed by atoms with van der Waals surface area (Å²) in [5, 5.41) is 18.1. The number of anilines is 2. The van der Waals surface area contributed by atoms with E-state index in [1.54, 1.807) is 29.2 Å². The molecule has 1 unspecified atom stereocenters. The Balaban J connectivity index is 0.656. The summed E-state index contributed by atoms with van der Waals surface area (Å²) < 4.78 is 49.0.